The Morgan fingerprint density at radius 2 is 0.571 bits per heavy atom. The van der Waals surface area contributed by atoms with Crippen LogP contribution in [-0.4, -0.2) is 34.9 Å². The second-order valence-corrected chi connectivity index (χ2v) is 23.9. The average Bonchev–Trinajstić information content (AvgIpc) is 3.43. The summed E-state index contributed by atoms with van der Waals surface area (Å²) in [4.78, 5) is 12.5. The fourth-order valence-electron chi connectivity index (χ4n) is 11.0. The number of carbonyl (C=O) groups excluding carboxylic acids is 1. The molecule has 0 rings (SSSR count). The molecule has 1 amide bonds. The number of hydrogen-bond donors (Lipinski definition) is 3. The largest absolute Gasteiger partial charge is 0.394 e. The average molecular weight is 1080 g/mol. The zero-order valence-electron chi connectivity index (χ0n) is 52.2. The van der Waals surface area contributed by atoms with E-state index in [9.17, 15) is 15.0 Å². The molecule has 0 fully saturated rings. The Morgan fingerprint density at radius 1 is 0.325 bits per heavy atom. The third kappa shape index (κ3) is 64.8. The first-order valence-corrected chi connectivity index (χ1v) is 35.0. The zero-order chi connectivity index (χ0) is 55.5. The molecule has 4 nitrogen and oxygen atoms in total. The van der Waals surface area contributed by atoms with Crippen LogP contribution in [0, 0.1) is 0 Å². The maximum absolute atomic E-state index is 12.5. The maximum Gasteiger partial charge on any atom is 0.220 e. The molecule has 0 aromatic heterocycles. The van der Waals surface area contributed by atoms with Crippen molar-refractivity contribution in [3.05, 3.63) is 60.8 Å². The molecule has 0 radical (unpaired) electrons. The van der Waals surface area contributed by atoms with Crippen molar-refractivity contribution in [3.8, 4) is 0 Å². The van der Waals surface area contributed by atoms with Crippen LogP contribution >= 0.6 is 0 Å². The number of rotatable bonds is 65. The van der Waals surface area contributed by atoms with Gasteiger partial charge in [0, 0.05) is 6.42 Å². The van der Waals surface area contributed by atoms with E-state index < -0.39 is 12.1 Å². The van der Waals surface area contributed by atoms with Crippen LogP contribution in [0.2, 0.25) is 0 Å². The lowest BCUT2D eigenvalue weighted by molar-refractivity contribution is -0.123. The number of allylic oxidation sites excluding steroid dienone is 9. The third-order valence-corrected chi connectivity index (χ3v) is 16.3. The Hall–Kier alpha value is -1.91. The van der Waals surface area contributed by atoms with Crippen molar-refractivity contribution in [2.45, 2.75) is 392 Å². The van der Waals surface area contributed by atoms with Gasteiger partial charge in [-0.05, 0) is 57.8 Å². The van der Waals surface area contributed by atoms with Crippen LogP contribution in [0.25, 0.3) is 0 Å². The molecular formula is C73H137NO3. The SMILES string of the molecule is CC/C=C\C/C=C\C/C=C\C/C=C\CCCCCCCCCCCCCCCCCCCCCCC(=O)NC(CO)C(O)/C=C/CCCCCCCCCCCCCCCCCCCCCCCCCCCCCCCC. The molecule has 2 unspecified atom stereocenters. The van der Waals surface area contributed by atoms with E-state index in [0.717, 1.165) is 51.4 Å². The molecule has 0 heterocycles. The Morgan fingerprint density at radius 3 is 0.857 bits per heavy atom. The maximum atomic E-state index is 12.5. The summed E-state index contributed by atoms with van der Waals surface area (Å²) < 4.78 is 0. The predicted octanol–water partition coefficient (Wildman–Crippen LogP) is 23.9. The van der Waals surface area contributed by atoms with Crippen molar-refractivity contribution in [3.63, 3.8) is 0 Å². The number of hydrogen-bond acceptors (Lipinski definition) is 3. The van der Waals surface area contributed by atoms with Gasteiger partial charge in [0.05, 0.1) is 18.8 Å². The van der Waals surface area contributed by atoms with Gasteiger partial charge in [0.1, 0.15) is 0 Å². The van der Waals surface area contributed by atoms with E-state index in [1.165, 1.54) is 308 Å². The first-order valence-electron chi connectivity index (χ1n) is 35.0. The van der Waals surface area contributed by atoms with Crippen molar-refractivity contribution in [2.24, 2.45) is 0 Å². The van der Waals surface area contributed by atoms with Crippen LogP contribution in [0.4, 0.5) is 0 Å². The number of aliphatic hydroxyl groups is 2. The highest BCUT2D eigenvalue weighted by Gasteiger charge is 2.18. The Bertz CT molecular complexity index is 1270. The number of carbonyl (C=O) groups is 1. The van der Waals surface area contributed by atoms with Gasteiger partial charge >= 0.3 is 0 Å². The molecule has 4 heteroatoms. The summed E-state index contributed by atoms with van der Waals surface area (Å²) in [6.07, 6.45) is 97.4. The summed E-state index contributed by atoms with van der Waals surface area (Å²) in [7, 11) is 0. The Balaban J connectivity index is 3.42. The van der Waals surface area contributed by atoms with Crippen molar-refractivity contribution in [1.29, 1.82) is 0 Å². The number of aliphatic hydroxyl groups excluding tert-OH is 2. The van der Waals surface area contributed by atoms with E-state index in [-0.39, 0.29) is 12.5 Å². The van der Waals surface area contributed by atoms with Gasteiger partial charge in [0.25, 0.3) is 0 Å². The van der Waals surface area contributed by atoms with Crippen molar-refractivity contribution < 1.29 is 15.0 Å². The molecule has 0 aliphatic rings. The van der Waals surface area contributed by atoms with Crippen LogP contribution < -0.4 is 5.32 Å². The van der Waals surface area contributed by atoms with Crippen LogP contribution in [-0.2, 0) is 4.79 Å². The van der Waals surface area contributed by atoms with Crippen LogP contribution in [0.15, 0.2) is 60.8 Å². The van der Waals surface area contributed by atoms with Crippen LogP contribution in [0.1, 0.15) is 380 Å². The van der Waals surface area contributed by atoms with Gasteiger partial charge in [-0.3, -0.25) is 4.79 Å². The normalized spacial score (nSPS) is 13.0. The molecule has 0 saturated carbocycles. The minimum Gasteiger partial charge on any atom is -0.394 e. The van der Waals surface area contributed by atoms with E-state index in [2.05, 4.69) is 67.8 Å². The molecule has 0 aromatic rings. The van der Waals surface area contributed by atoms with Crippen LogP contribution in [0.5, 0.6) is 0 Å². The van der Waals surface area contributed by atoms with Crippen molar-refractivity contribution in [2.75, 3.05) is 6.61 Å². The second-order valence-electron chi connectivity index (χ2n) is 23.9. The highest BCUT2D eigenvalue weighted by atomic mass is 16.3. The number of amides is 1. The van der Waals surface area contributed by atoms with Gasteiger partial charge < -0.3 is 15.5 Å². The fourth-order valence-corrected chi connectivity index (χ4v) is 11.0. The molecule has 77 heavy (non-hydrogen) atoms. The fraction of sp³-hybridized carbons (Fsp3) is 0.849. The van der Waals surface area contributed by atoms with Gasteiger partial charge in [-0.25, -0.2) is 0 Å². The van der Waals surface area contributed by atoms with Gasteiger partial charge in [-0.15, -0.1) is 0 Å². The van der Waals surface area contributed by atoms with Crippen molar-refractivity contribution in [1.82, 2.24) is 5.32 Å². The lowest BCUT2D eigenvalue weighted by Crippen LogP contribution is -2.45. The smallest absolute Gasteiger partial charge is 0.220 e. The minimum absolute atomic E-state index is 0.0575. The lowest BCUT2D eigenvalue weighted by Gasteiger charge is -2.20. The van der Waals surface area contributed by atoms with Crippen molar-refractivity contribution >= 4 is 5.91 Å². The van der Waals surface area contributed by atoms with E-state index in [4.69, 9.17) is 0 Å². The Kier molecular flexibility index (Phi) is 66.7. The number of nitrogens with one attached hydrogen (secondary N) is 1. The van der Waals surface area contributed by atoms with Gasteiger partial charge in [-0.2, -0.15) is 0 Å². The predicted molar refractivity (Wildman–Crippen MR) is 345 cm³/mol. The molecule has 0 bridgehead atoms. The lowest BCUT2D eigenvalue weighted by atomic mass is 10.0. The molecule has 0 saturated heterocycles. The summed E-state index contributed by atoms with van der Waals surface area (Å²) in [5.74, 6) is -0.0575. The van der Waals surface area contributed by atoms with Gasteiger partial charge in [-0.1, -0.05) is 376 Å². The Labute approximate surface area is 483 Å². The summed E-state index contributed by atoms with van der Waals surface area (Å²) in [5, 5.41) is 23.3. The highest BCUT2D eigenvalue weighted by Crippen LogP contribution is 2.19. The summed E-state index contributed by atoms with van der Waals surface area (Å²) in [5.41, 5.74) is 0. The molecule has 0 aliphatic carbocycles. The van der Waals surface area contributed by atoms with Gasteiger partial charge in [0.15, 0.2) is 0 Å². The van der Waals surface area contributed by atoms with E-state index in [0.29, 0.717) is 6.42 Å². The summed E-state index contributed by atoms with van der Waals surface area (Å²) in [6, 6.07) is -0.624. The molecular weight excluding hydrogens is 939 g/mol. The second kappa shape index (κ2) is 68.4. The molecule has 0 aromatic carbocycles. The standard InChI is InChI=1S/C73H137NO3/c1-3-5-7-9-11-13-15-17-19-21-23-25-27-29-31-33-35-37-39-41-43-45-47-49-51-53-55-57-59-61-63-65-67-69-73(77)74-71(70-75)72(76)68-66-64-62-60-58-56-54-52-50-48-46-44-42-40-38-36-34-32-30-28-26-24-22-20-18-16-14-12-10-8-6-4-2/h5,7,11,13,17,19,23,25,66,68,71-72,75-76H,3-4,6,8-10,12,14-16,18,20-22,24,26-65,67,69-70H2,1-2H3,(H,74,77)/b7-5-,13-11-,19-17-,25-23-,68-66+. The van der Waals surface area contributed by atoms with Crippen LogP contribution in [0.3, 0.4) is 0 Å². The molecule has 0 spiro atoms. The highest BCUT2D eigenvalue weighted by molar-refractivity contribution is 5.76. The summed E-state index contributed by atoms with van der Waals surface area (Å²) >= 11 is 0. The third-order valence-electron chi connectivity index (χ3n) is 16.3. The first kappa shape index (κ1) is 75.1. The monoisotopic (exact) mass is 1080 g/mol. The molecule has 0 aliphatic heterocycles. The molecule has 2 atom stereocenters. The van der Waals surface area contributed by atoms with E-state index >= 15 is 0 Å². The first-order chi connectivity index (χ1) is 38.2. The topological polar surface area (TPSA) is 69.6 Å². The quantitative estimate of drug-likeness (QED) is 0.0420. The summed E-state index contributed by atoms with van der Waals surface area (Å²) in [6.45, 7) is 4.24. The van der Waals surface area contributed by atoms with Gasteiger partial charge in [0.2, 0.25) is 5.91 Å². The van der Waals surface area contributed by atoms with E-state index in [1.54, 1.807) is 6.08 Å². The van der Waals surface area contributed by atoms with E-state index in [1.807, 2.05) is 6.08 Å². The minimum atomic E-state index is -0.841. The molecule has 452 valence electrons. The zero-order valence-corrected chi connectivity index (χ0v) is 52.2. The number of unbranched alkanes of at least 4 members (excludes halogenated alkanes) is 50. The molecule has 3 N–H and O–H groups in total.